The second-order valence-corrected chi connectivity index (χ2v) is 13.4. The van der Waals surface area contributed by atoms with Gasteiger partial charge in [0.05, 0.1) is 11.0 Å². The summed E-state index contributed by atoms with van der Waals surface area (Å²) in [6, 6.07) is 46.1. The van der Waals surface area contributed by atoms with Crippen molar-refractivity contribution in [1.29, 1.82) is 0 Å². The number of rotatable bonds is 0. The van der Waals surface area contributed by atoms with Gasteiger partial charge < -0.3 is 18.6 Å². The molecule has 13 rings (SSSR count). The minimum atomic E-state index is -0.0271. The summed E-state index contributed by atoms with van der Waals surface area (Å²) in [6.45, 7) is -0.0542. The van der Waals surface area contributed by atoms with Crippen LogP contribution in [0.2, 0.25) is 0 Å². The zero-order chi connectivity index (χ0) is 30.8. The molecule has 0 fully saturated rings. The lowest BCUT2D eigenvalue weighted by molar-refractivity contribution is 0.431. The maximum absolute atomic E-state index is 6.73. The van der Waals surface area contributed by atoms with E-state index in [1.807, 2.05) is 0 Å². The van der Waals surface area contributed by atoms with Crippen LogP contribution >= 0.6 is 0 Å². The number of aromatic nitrogens is 3. The van der Waals surface area contributed by atoms with Crippen LogP contribution in [0, 0.1) is 0 Å². The molecule has 0 amide bonds. The smallest absolute Gasteiger partial charge is 0.258 e. The van der Waals surface area contributed by atoms with Crippen LogP contribution < -0.4 is 42.3 Å². The first-order chi connectivity index (χ1) is 23.8. The Morgan fingerprint density at radius 2 is 0.896 bits per heavy atom. The summed E-state index contributed by atoms with van der Waals surface area (Å²) in [5.41, 5.74) is 14.4. The Balaban J connectivity index is 1.13. The van der Waals surface area contributed by atoms with Gasteiger partial charge in [0.25, 0.3) is 13.4 Å². The molecular formula is C41H21B2N3O2. The lowest BCUT2D eigenvalue weighted by Crippen LogP contribution is -2.62. The molecule has 218 valence electrons. The molecule has 7 heterocycles. The van der Waals surface area contributed by atoms with Crippen molar-refractivity contribution in [3.8, 4) is 34.6 Å². The molecule has 3 aromatic heterocycles. The molecule has 0 saturated carbocycles. The second-order valence-electron chi connectivity index (χ2n) is 13.4. The Hall–Kier alpha value is -6.20. The molecule has 0 bridgehead atoms. The van der Waals surface area contributed by atoms with Gasteiger partial charge in [-0.25, -0.2) is 0 Å². The van der Waals surface area contributed by atoms with Gasteiger partial charge in [-0.2, -0.15) is 4.98 Å². The van der Waals surface area contributed by atoms with Crippen LogP contribution in [0.15, 0.2) is 127 Å². The molecule has 4 aliphatic rings. The Labute approximate surface area is 274 Å². The highest BCUT2D eigenvalue weighted by atomic mass is 16.5. The van der Waals surface area contributed by atoms with E-state index in [4.69, 9.17) is 14.5 Å². The number of benzene rings is 6. The molecule has 0 saturated heterocycles. The molecule has 48 heavy (non-hydrogen) atoms. The second kappa shape index (κ2) is 8.01. The van der Waals surface area contributed by atoms with Crippen LogP contribution in [0.4, 0.5) is 0 Å². The van der Waals surface area contributed by atoms with Crippen LogP contribution in [0.5, 0.6) is 23.3 Å². The van der Waals surface area contributed by atoms with E-state index in [1.54, 1.807) is 0 Å². The number of para-hydroxylation sites is 4. The number of hydrogen-bond acceptors (Lipinski definition) is 3. The molecule has 0 unspecified atom stereocenters. The Bertz CT molecular complexity index is 2800. The highest BCUT2D eigenvalue weighted by Crippen LogP contribution is 2.39. The highest BCUT2D eigenvalue weighted by molar-refractivity contribution is 7.02. The van der Waals surface area contributed by atoms with Crippen LogP contribution in [0.3, 0.4) is 0 Å². The lowest BCUT2D eigenvalue weighted by atomic mass is 9.32. The highest BCUT2D eigenvalue weighted by Gasteiger charge is 2.45. The first-order valence-corrected chi connectivity index (χ1v) is 16.5. The molecule has 0 N–H and O–H groups in total. The van der Waals surface area contributed by atoms with Crippen molar-refractivity contribution < 1.29 is 9.47 Å². The summed E-state index contributed by atoms with van der Waals surface area (Å²) in [6.07, 6.45) is 0. The molecule has 4 aliphatic heterocycles. The zero-order valence-electron chi connectivity index (χ0n) is 25.4. The minimum Gasteiger partial charge on any atom is -0.440 e. The van der Waals surface area contributed by atoms with Gasteiger partial charge in [0.1, 0.15) is 11.5 Å². The van der Waals surface area contributed by atoms with E-state index < -0.39 is 0 Å². The van der Waals surface area contributed by atoms with Crippen molar-refractivity contribution in [2.45, 2.75) is 0 Å². The van der Waals surface area contributed by atoms with Gasteiger partial charge >= 0.3 is 0 Å². The van der Waals surface area contributed by atoms with E-state index in [2.05, 4.69) is 137 Å². The van der Waals surface area contributed by atoms with E-state index >= 15 is 0 Å². The molecule has 5 nitrogen and oxygen atoms in total. The third kappa shape index (κ3) is 2.60. The Kier molecular flexibility index (Phi) is 4.01. The fourth-order valence-electron chi connectivity index (χ4n) is 9.52. The summed E-state index contributed by atoms with van der Waals surface area (Å²) >= 11 is 0. The van der Waals surface area contributed by atoms with Crippen molar-refractivity contribution >= 4 is 89.8 Å². The third-order valence-electron chi connectivity index (χ3n) is 11.3. The van der Waals surface area contributed by atoms with Crippen LogP contribution in [0.25, 0.3) is 55.0 Å². The first-order valence-electron chi connectivity index (χ1n) is 16.5. The van der Waals surface area contributed by atoms with Crippen molar-refractivity contribution in [2.75, 3.05) is 0 Å². The standard InChI is InChI=1S/C41H21B2N3O2/c1-3-15-30-22(9-1)24-11-5-13-26-38(24)45(30)32-17-7-19-34-36(32)42(26)28-21-29-41(44-40(28)47-34)48-35-20-8-18-33-37(35)43(29)27-14-6-12-25-23-10-2-4-16-31(23)46(33)39(25)27/h1-21H. The summed E-state index contributed by atoms with van der Waals surface area (Å²) in [7, 11) is 0. The Morgan fingerprint density at radius 3 is 1.42 bits per heavy atom. The normalized spacial score (nSPS) is 14.1. The van der Waals surface area contributed by atoms with E-state index in [0.717, 1.165) is 22.4 Å². The molecule has 9 aromatic rings. The van der Waals surface area contributed by atoms with Gasteiger partial charge in [-0.05, 0) is 69.2 Å². The van der Waals surface area contributed by atoms with E-state index in [-0.39, 0.29) is 13.4 Å². The van der Waals surface area contributed by atoms with Crippen LogP contribution in [0.1, 0.15) is 0 Å². The van der Waals surface area contributed by atoms with E-state index in [0.29, 0.717) is 11.8 Å². The van der Waals surface area contributed by atoms with E-state index in [9.17, 15) is 0 Å². The molecular weight excluding hydrogens is 588 g/mol. The monoisotopic (exact) mass is 609 g/mol. The lowest BCUT2D eigenvalue weighted by Gasteiger charge is -2.36. The summed E-state index contributed by atoms with van der Waals surface area (Å²) in [4.78, 5) is 5.22. The molecule has 6 aromatic carbocycles. The summed E-state index contributed by atoms with van der Waals surface area (Å²) in [5.74, 6) is 2.94. The largest absolute Gasteiger partial charge is 0.440 e. The van der Waals surface area contributed by atoms with Gasteiger partial charge in [-0.15, -0.1) is 0 Å². The topological polar surface area (TPSA) is 41.2 Å². The van der Waals surface area contributed by atoms with Crippen molar-refractivity contribution in [3.05, 3.63) is 127 Å². The molecule has 0 atom stereocenters. The average Bonchev–Trinajstić information content (AvgIpc) is 3.66. The Morgan fingerprint density at radius 1 is 0.438 bits per heavy atom. The quantitative estimate of drug-likeness (QED) is 0.224. The van der Waals surface area contributed by atoms with E-state index in [1.165, 1.54) is 76.8 Å². The zero-order valence-corrected chi connectivity index (χ0v) is 25.4. The number of ether oxygens (including phenoxy) is 2. The molecule has 0 aliphatic carbocycles. The van der Waals surface area contributed by atoms with Gasteiger partial charge in [0, 0.05) is 44.0 Å². The fourth-order valence-corrected chi connectivity index (χ4v) is 9.52. The first kappa shape index (κ1) is 24.0. The molecule has 7 heteroatoms. The van der Waals surface area contributed by atoms with Crippen LogP contribution in [-0.2, 0) is 0 Å². The summed E-state index contributed by atoms with van der Waals surface area (Å²) in [5, 5.41) is 5.07. The van der Waals surface area contributed by atoms with Gasteiger partial charge in [0.2, 0.25) is 11.8 Å². The SMILES string of the molecule is c1cc2c3c(c1)-n1c4ccccc4c4cccc(c41)B3c1cc3c(nc1O2)Oc1cccc2c1B3c1cccc3c4ccccc4n-2c13. The maximum atomic E-state index is 6.73. The van der Waals surface area contributed by atoms with Crippen molar-refractivity contribution in [1.82, 2.24) is 14.1 Å². The fraction of sp³-hybridized carbons (Fsp3) is 0. The average molecular weight is 609 g/mol. The third-order valence-corrected chi connectivity index (χ3v) is 11.3. The molecule has 0 spiro atoms. The van der Waals surface area contributed by atoms with Gasteiger partial charge in [-0.3, -0.25) is 0 Å². The van der Waals surface area contributed by atoms with Crippen molar-refractivity contribution in [3.63, 3.8) is 0 Å². The molecule has 0 radical (unpaired) electrons. The minimum absolute atomic E-state index is 0.0271. The maximum Gasteiger partial charge on any atom is 0.258 e. The number of hydrogen-bond donors (Lipinski definition) is 0. The number of pyridine rings is 1. The summed E-state index contributed by atoms with van der Waals surface area (Å²) < 4.78 is 18.3. The predicted molar refractivity (Wildman–Crippen MR) is 195 cm³/mol. The predicted octanol–water partition coefficient (Wildman–Crippen LogP) is 5.15. The van der Waals surface area contributed by atoms with Crippen molar-refractivity contribution in [2.24, 2.45) is 0 Å². The van der Waals surface area contributed by atoms with Gasteiger partial charge in [0.15, 0.2) is 0 Å². The number of fused-ring (bicyclic) bond motifs is 14. The van der Waals surface area contributed by atoms with Gasteiger partial charge in [-0.1, -0.05) is 91.0 Å². The number of nitrogens with zero attached hydrogens (tertiary/aromatic N) is 3. The van der Waals surface area contributed by atoms with Crippen LogP contribution in [-0.4, -0.2) is 27.5 Å².